The van der Waals surface area contributed by atoms with E-state index in [2.05, 4.69) is 5.32 Å². The molecular formula is C25H24N2O4. The molecule has 6 nitrogen and oxygen atoms in total. The molecule has 0 radical (unpaired) electrons. The normalized spacial score (nSPS) is 12.7. The summed E-state index contributed by atoms with van der Waals surface area (Å²) in [7, 11) is 0. The van der Waals surface area contributed by atoms with E-state index >= 15 is 0 Å². The van der Waals surface area contributed by atoms with E-state index in [4.69, 9.17) is 9.47 Å². The van der Waals surface area contributed by atoms with Gasteiger partial charge in [0.2, 0.25) is 0 Å². The molecule has 1 heterocycles. The molecule has 0 aliphatic carbocycles. The van der Waals surface area contributed by atoms with Crippen molar-refractivity contribution in [3.63, 3.8) is 0 Å². The van der Waals surface area contributed by atoms with Crippen LogP contribution in [-0.2, 0) is 16.1 Å². The van der Waals surface area contributed by atoms with Gasteiger partial charge in [-0.05, 0) is 49.7 Å². The van der Waals surface area contributed by atoms with Gasteiger partial charge in [0.1, 0.15) is 11.5 Å². The molecule has 0 saturated heterocycles. The molecule has 0 bridgehead atoms. The molecule has 1 aliphatic rings. The van der Waals surface area contributed by atoms with Crippen molar-refractivity contribution in [1.29, 1.82) is 0 Å². The van der Waals surface area contributed by atoms with E-state index in [1.165, 1.54) is 0 Å². The zero-order chi connectivity index (χ0) is 21.8. The molecule has 0 unspecified atom stereocenters. The average molecular weight is 416 g/mol. The summed E-state index contributed by atoms with van der Waals surface area (Å²) >= 11 is 0. The van der Waals surface area contributed by atoms with Crippen molar-refractivity contribution in [2.24, 2.45) is 0 Å². The van der Waals surface area contributed by atoms with E-state index in [9.17, 15) is 9.59 Å². The van der Waals surface area contributed by atoms with E-state index in [1.54, 1.807) is 23.1 Å². The lowest BCUT2D eigenvalue weighted by Gasteiger charge is -2.30. The molecule has 0 aromatic heterocycles. The van der Waals surface area contributed by atoms with Crippen molar-refractivity contribution in [2.75, 3.05) is 23.4 Å². The highest BCUT2D eigenvalue weighted by Crippen LogP contribution is 2.35. The lowest BCUT2D eigenvalue weighted by Crippen LogP contribution is -2.38. The molecule has 3 aromatic rings. The predicted octanol–water partition coefficient (Wildman–Crippen LogP) is 4.25. The van der Waals surface area contributed by atoms with Crippen LogP contribution >= 0.6 is 0 Å². The molecule has 2 amide bonds. The topological polar surface area (TPSA) is 67.9 Å². The summed E-state index contributed by atoms with van der Waals surface area (Å²) in [5.74, 6) is 0.836. The van der Waals surface area contributed by atoms with Gasteiger partial charge in [-0.3, -0.25) is 9.59 Å². The SMILES string of the molecule is Cc1ccc(CN2C(=O)COc3ccc(NC(=O)COc4ccc(C)cc4)cc32)cc1. The minimum absolute atomic E-state index is 0.00500. The van der Waals surface area contributed by atoms with E-state index in [0.29, 0.717) is 29.4 Å². The maximum Gasteiger partial charge on any atom is 0.265 e. The summed E-state index contributed by atoms with van der Waals surface area (Å²) in [6.07, 6.45) is 0. The minimum atomic E-state index is -0.284. The summed E-state index contributed by atoms with van der Waals surface area (Å²) in [6.45, 7) is 4.33. The highest BCUT2D eigenvalue weighted by molar-refractivity contribution is 5.99. The second-order valence-corrected chi connectivity index (χ2v) is 7.59. The van der Waals surface area contributed by atoms with Crippen molar-refractivity contribution < 1.29 is 19.1 Å². The predicted molar refractivity (Wildman–Crippen MR) is 120 cm³/mol. The maximum atomic E-state index is 12.5. The number of amides is 2. The monoisotopic (exact) mass is 416 g/mol. The second kappa shape index (κ2) is 8.92. The van der Waals surface area contributed by atoms with Gasteiger partial charge in [-0.1, -0.05) is 47.5 Å². The van der Waals surface area contributed by atoms with Crippen LogP contribution in [0.15, 0.2) is 66.7 Å². The first-order chi connectivity index (χ1) is 15.0. The zero-order valence-electron chi connectivity index (χ0n) is 17.6. The molecule has 3 aromatic carbocycles. The molecule has 0 spiro atoms. The lowest BCUT2D eigenvalue weighted by molar-refractivity contribution is -0.121. The number of anilines is 2. The molecule has 1 N–H and O–H groups in total. The van der Waals surface area contributed by atoms with Crippen molar-refractivity contribution in [1.82, 2.24) is 0 Å². The van der Waals surface area contributed by atoms with Gasteiger partial charge in [-0.2, -0.15) is 0 Å². The van der Waals surface area contributed by atoms with Gasteiger partial charge in [0.15, 0.2) is 13.2 Å². The largest absolute Gasteiger partial charge is 0.484 e. The van der Waals surface area contributed by atoms with Gasteiger partial charge in [-0.15, -0.1) is 0 Å². The molecule has 0 atom stereocenters. The Hall–Kier alpha value is -3.80. The first-order valence-corrected chi connectivity index (χ1v) is 10.1. The Balaban J connectivity index is 1.46. The summed E-state index contributed by atoms with van der Waals surface area (Å²) in [4.78, 5) is 26.6. The highest BCUT2D eigenvalue weighted by Gasteiger charge is 2.26. The van der Waals surface area contributed by atoms with Crippen LogP contribution in [-0.4, -0.2) is 25.0 Å². The van der Waals surface area contributed by atoms with Crippen LogP contribution < -0.4 is 19.7 Å². The van der Waals surface area contributed by atoms with Crippen LogP contribution in [0.3, 0.4) is 0 Å². The summed E-state index contributed by atoms with van der Waals surface area (Å²) in [6, 6.07) is 20.8. The van der Waals surface area contributed by atoms with Gasteiger partial charge in [0, 0.05) is 5.69 Å². The van der Waals surface area contributed by atoms with Crippen LogP contribution in [0, 0.1) is 13.8 Å². The zero-order valence-corrected chi connectivity index (χ0v) is 17.6. The van der Waals surface area contributed by atoms with Crippen molar-refractivity contribution in [3.05, 3.63) is 83.4 Å². The molecule has 4 rings (SSSR count). The maximum absolute atomic E-state index is 12.5. The highest BCUT2D eigenvalue weighted by atomic mass is 16.5. The third-order valence-corrected chi connectivity index (χ3v) is 5.04. The van der Waals surface area contributed by atoms with Gasteiger partial charge >= 0.3 is 0 Å². The number of carbonyl (C=O) groups excluding carboxylic acids is 2. The Labute approximate surface area is 181 Å². The number of nitrogens with one attached hydrogen (secondary N) is 1. The average Bonchev–Trinajstić information content (AvgIpc) is 2.77. The van der Waals surface area contributed by atoms with Crippen LogP contribution in [0.1, 0.15) is 16.7 Å². The molecule has 31 heavy (non-hydrogen) atoms. The number of hydrogen-bond acceptors (Lipinski definition) is 4. The Morgan fingerprint density at radius 1 is 1.00 bits per heavy atom. The fourth-order valence-corrected chi connectivity index (χ4v) is 3.31. The number of rotatable bonds is 6. The molecule has 0 fully saturated rings. The van der Waals surface area contributed by atoms with Gasteiger partial charge in [-0.25, -0.2) is 0 Å². The van der Waals surface area contributed by atoms with Crippen LogP contribution in [0.4, 0.5) is 11.4 Å². The van der Waals surface area contributed by atoms with E-state index in [1.807, 2.05) is 62.4 Å². The molecule has 6 heteroatoms. The van der Waals surface area contributed by atoms with Gasteiger partial charge in [0.05, 0.1) is 12.2 Å². The van der Waals surface area contributed by atoms with Crippen molar-refractivity contribution in [2.45, 2.75) is 20.4 Å². The fourth-order valence-electron chi connectivity index (χ4n) is 3.31. The molecule has 158 valence electrons. The van der Waals surface area contributed by atoms with Crippen LogP contribution in [0.2, 0.25) is 0 Å². The van der Waals surface area contributed by atoms with E-state index < -0.39 is 0 Å². The van der Waals surface area contributed by atoms with Crippen LogP contribution in [0.25, 0.3) is 0 Å². The van der Waals surface area contributed by atoms with Gasteiger partial charge < -0.3 is 19.7 Å². The van der Waals surface area contributed by atoms with Crippen molar-refractivity contribution in [3.8, 4) is 11.5 Å². The van der Waals surface area contributed by atoms with Crippen LogP contribution in [0.5, 0.6) is 11.5 Å². The quantitative estimate of drug-likeness (QED) is 0.652. The summed E-state index contributed by atoms with van der Waals surface area (Å²) in [5.41, 5.74) is 4.51. The number of hydrogen-bond donors (Lipinski definition) is 1. The third-order valence-electron chi connectivity index (χ3n) is 5.04. The smallest absolute Gasteiger partial charge is 0.265 e. The number of ether oxygens (including phenoxy) is 2. The molecule has 0 saturated carbocycles. The molecular weight excluding hydrogens is 392 g/mol. The third kappa shape index (κ3) is 5.04. The number of nitrogens with zero attached hydrogens (tertiary/aromatic N) is 1. The molecule has 1 aliphatic heterocycles. The van der Waals surface area contributed by atoms with E-state index in [-0.39, 0.29) is 25.0 Å². The lowest BCUT2D eigenvalue weighted by atomic mass is 10.1. The van der Waals surface area contributed by atoms with E-state index in [0.717, 1.165) is 16.7 Å². The summed E-state index contributed by atoms with van der Waals surface area (Å²) in [5, 5.41) is 2.82. The number of benzene rings is 3. The Morgan fingerprint density at radius 2 is 1.68 bits per heavy atom. The fraction of sp³-hybridized carbons (Fsp3) is 0.200. The Morgan fingerprint density at radius 3 is 2.39 bits per heavy atom. The first-order valence-electron chi connectivity index (χ1n) is 10.1. The standard InChI is InChI=1S/C25H24N2O4/c1-17-3-7-19(8-4-17)14-27-22-13-20(9-12-23(22)31-16-25(27)29)26-24(28)15-30-21-10-5-18(2)6-11-21/h3-13H,14-16H2,1-2H3,(H,26,28). The summed E-state index contributed by atoms with van der Waals surface area (Å²) < 4.78 is 11.1. The first kappa shape index (κ1) is 20.5. The minimum Gasteiger partial charge on any atom is -0.484 e. The number of fused-ring (bicyclic) bond motifs is 1. The second-order valence-electron chi connectivity index (χ2n) is 7.59. The Bertz CT molecular complexity index is 1090. The van der Waals surface area contributed by atoms with Gasteiger partial charge in [0.25, 0.3) is 11.8 Å². The van der Waals surface area contributed by atoms with Crippen molar-refractivity contribution >= 4 is 23.2 Å². The number of carbonyl (C=O) groups is 2. The Kier molecular flexibility index (Phi) is 5.89. The number of aryl methyl sites for hydroxylation is 2.